The van der Waals surface area contributed by atoms with E-state index in [9.17, 15) is 0 Å². The summed E-state index contributed by atoms with van der Waals surface area (Å²) in [5.41, 5.74) is 0.981. The molecule has 0 bridgehead atoms. The van der Waals surface area contributed by atoms with Gasteiger partial charge in [-0.15, -0.1) is 0 Å². The molecule has 1 aliphatic rings. The highest BCUT2D eigenvalue weighted by molar-refractivity contribution is 5.49. The molecule has 1 aromatic heterocycles. The molecular weight excluding hydrogens is 178 g/mol. The monoisotopic (exact) mass is 193 g/mol. The Kier molecular flexibility index (Phi) is 2.27. The van der Waals surface area contributed by atoms with Crippen molar-refractivity contribution in [1.82, 2.24) is 9.97 Å². The number of hydrogen-bond donors (Lipinski definition) is 1. The zero-order chi connectivity index (χ0) is 10.1. The topological polar surface area (TPSA) is 47.0 Å². The first-order valence-electron chi connectivity index (χ1n) is 4.84. The van der Waals surface area contributed by atoms with Crippen LogP contribution in [0.2, 0.25) is 0 Å². The Morgan fingerprint density at radius 2 is 2.21 bits per heavy atom. The van der Waals surface area contributed by atoms with Crippen LogP contribution in [0, 0.1) is 12.8 Å². The Labute approximate surface area is 83.7 Å². The van der Waals surface area contributed by atoms with Crippen molar-refractivity contribution in [3.63, 3.8) is 0 Å². The van der Waals surface area contributed by atoms with E-state index < -0.39 is 0 Å². The van der Waals surface area contributed by atoms with E-state index in [1.54, 1.807) is 7.11 Å². The van der Waals surface area contributed by atoms with Crippen molar-refractivity contribution in [2.75, 3.05) is 12.4 Å². The number of rotatable bonds is 3. The van der Waals surface area contributed by atoms with Gasteiger partial charge in [-0.1, -0.05) is 6.92 Å². The molecule has 2 unspecified atom stereocenters. The van der Waals surface area contributed by atoms with Gasteiger partial charge in [0, 0.05) is 6.04 Å². The first-order valence-corrected chi connectivity index (χ1v) is 4.84. The third-order valence-electron chi connectivity index (χ3n) is 2.66. The summed E-state index contributed by atoms with van der Waals surface area (Å²) in [7, 11) is 1.62. The van der Waals surface area contributed by atoms with Gasteiger partial charge in [0.05, 0.1) is 12.7 Å². The summed E-state index contributed by atoms with van der Waals surface area (Å²) < 4.78 is 5.12. The minimum Gasteiger partial charge on any atom is -0.481 e. The Morgan fingerprint density at radius 3 is 2.79 bits per heavy atom. The van der Waals surface area contributed by atoms with Crippen molar-refractivity contribution in [2.45, 2.75) is 26.3 Å². The average Bonchev–Trinajstić information content (AvgIpc) is 2.86. The molecule has 4 heteroatoms. The van der Waals surface area contributed by atoms with Gasteiger partial charge in [0.25, 0.3) is 0 Å². The molecule has 1 fully saturated rings. The molecule has 76 valence electrons. The van der Waals surface area contributed by atoms with Crippen LogP contribution in [-0.4, -0.2) is 23.1 Å². The largest absolute Gasteiger partial charge is 0.481 e. The number of hydrogen-bond acceptors (Lipinski definition) is 4. The summed E-state index contributed by atoms with van der Waals surface area (Å²) in [5, 5.41) is 3.38. The van der Waals surface area contributed by atoms with Crippen LogP contribution in [0.4, 0.5) is 5.82 Å². The molecule has 0 aromatic carbocycles. The third kappa shape index (κ3) is 1.64. The van der Waals surface area contributed by atoms with Gasteiger partial charge in [-0.3, -0.25) is 0 Å². The van der Waals surface area contributed by atoms with Crippen LogP contribution >= 0.6 is 0 Å². The molecule has 0 amide bonds. The second-order valence-corrected chi connectivity index (χ2v) is 3.82. The van der Waals surface area contributed by atoms with E-state index in [0.29, 0.717) is 11.9 Å². The molecule has 1 aliphatic carbocycles. The molecule has 2 rings (SSSR count). The van der Waals surface area contributed by atoms with E-state index >= 15 is 0 Å². The van der Waals surface area contributed by atoms with Gasteiger partial charge in [0.15, 0.2) is 0 Å². The predicted octanol–water partition coefficient (Wildman–Crippen LogP) is 1.61. The third-order valence-corrected chi connectivity index (χ3v) is 2.66. The van der Waals surface area contributed by atoms with E-state index in [4.69, 9.17) is 4.74 Å². The minimum absolute atomic E-state index is 0.577. The first-order chi connectivity index (χ1) is 6.72. The first kappa shape index (κ1) is 9.24. The van der Waals surface area contributed by atoms with Crippen molar-refractivity contribution in [3.8, 4) is 5.88 Å². The van der Waals surface area contributed by atoms with E-state index in [-0.39, 0.29) is 0 Å². The number of ether oxygens (including phenoxy) is 1. The Morgan fingerprint density at radius 1 is 1.50 bits per heavy atom. The molecule has 4 nitrogen and oxygen atoms in total. The number of anilines is 1. The molecule has 0 spiro atoms. The number of nitrogens with zero attached hydrogens (tertiary/aromatic N) is 2. The lowest BCUT2D eigenvalue weighted by Gasteiger charge is -2.09. The molecule has 2 atom stereocenters. The molecule has 0 saturated heterocycles. The zero-order valence-corrected chi connectivity index (χ0v) is 8.74. The second kappa shape index (κ2) is 3.44. The van der Waals surface area contributed by atoms with Gasteiger partial charge >= 0.3 is 0 Å². The van der Waals surface area contributed by atoms with Crippen molar-refractivity contribution >= 4 is 5.82 Å². The smallest absolute Gasteiger partial charge is 0.221 e. The lowest BCUT2D eigenvalue weighted by molar-refractivity contribution is 0.393. The summed E-state index contributed by atoms with van der Waals surface area (Å²) in [4.78, 5) is 8.23. The Balaban J connectivity index is 2.16. The van der Waals surface area contributed by atoms with Crippen LogP contribution in [0.3, 0.4) is 0 Å². The quantitative estimate of drug-likeness (QED) is 0.792. The lowest BCUT2D eigenvalue weighted by atomic mass is 10.3. The highest BCUT2D eigenvalue weighted by Gasteiger charge is 2.33. The van der Waals surface area contributed by atoms with E-state index in [1.165, 1.54) is 12.7 Å². The molecular formula is C10H15N3O. The minimum atomic E-state index is 0.577. The van der Waals surface area contributed by atoms with Gasteiger partial charge in [0.1, 0.15) is 12.1 Å². The molecule has 1 heterocycles. The van der Waals surface area contributed by atoms with E-state index in [2.05, 4.69) is 22.2 Å². The average molecular weight is 193 g/mol. The number of nitrogens with one attached hydrogen (secondary N) is 1. The lowest BCUT2D eigenvalue weighted by Crippen LogP contribution is -2.08. The fraction of sp³-hybridized carbons (Fsp3) is 0.600. The number of aromatic nitrogens is 2. The standard InChI is InChI=1S/C10H15N3O/c1-6-4-8(6)13-9-7(2)10(14-3)12-5-11-9/h5-6,8H,4H2,1-3H3,(H,11,12,13). The van der Waals surface area contributed by atoms with Gasteiger partial charge in [-0.25, -0.2) is 9.97 Å². The fourth-order valence-electron chi connectivity index (χ4n) is 1.48. The van der Waals surface area contributed by atoms with Gasteiger partial charge in [-0.05, 0) is 19.3 Å². The number of methoxy groups -OCH3 is 1. The van der Waals surface area contributed by atoms with Crippen LogP contribution in [0.5, 0.6) is 5.88 Å². The summed E-state index contributed by atoms with van der Waals surface area (Å²) >= 11 is 0. The van der Waals surface area contributed by atoms with E-state index in [1.807, 2.05) is 6.92 Å². The van der Waals surface area contributed by atoms with Crippen LogP contribution in [-0.2, 0) is 0 Å². The van der Waals surface area contributed by atoms with Gasteiger partial charge < -0.3 is 10.1 Å². The molecule has 1 N–H and O–H groups in total. The van der Waals surface area contributed by atoms with E-state index in [0.717, 1.165) is 17.3 Å². The van der Waals surface area contributed by atoms with Gasteiger partial charge in [0.2, 0.25) is 5.88 Å². The summed E-state index contributed by atoms with van der Waals surface area (Å²) in [6.07, 6.45) is 2.76. The predicted molar refractivity (Wildman–Crippen MR) is 54.5 cm³/mol. The van der Waals surface area contributed by atoms with Crippen LogP contribution in [0.15, 0.2) is 6.33 Å². The summed E-state index contributed by atoms with van der Waals surface area (Å²) in [6.45, 7) is 4.19. The molecule has 14 heavy (non-hydrogen) atoms. The Bertz CT molecular complexity index is 340. The molecule has 1 saturated carbocycles. The SMILES string of the molecule is COc1ncnc(NC2CC2C)c1C. The summed E-state index contributed by atoms with van der Waals surface area (Å²) in [5.74, 6) is 2.30. The van der Waals surface area contributed by atoms with Gasteiger partial charge in [-0.2, -0.15) is 0 Å². The van der Waals surface area contributed by atoms with Crippen molar-refractivity contribution < 1.29 is 4.74 Å². The fourth-order valence-corrected chi connectivity index (χ4v) is 1.48. The maximum atomic E-state index is 5.12. The van der Waals surface area contributed by atoms with Crippen LogP contribution in [0.25, 0.3) is 0 Å². The molecule has 0 aliphatic heterocycles. The Hall–Kier alpha value is -1.32. The normalized spacial score (nSPS) is 24.5. The molecule has 1 aromatic rings. The summed E-state index contributed by atoms with van der Waals surface area (Å²) in [6, 6.07) is 0.577. The van der Waals surface area contributed by atoms with Crippen molar-refractivity contribution in [2.24, 2.45) is 5.92 Å². The van der Waals surface area contributed by atoms with Crippen LogP contribution in [0.1, 0.15) is 18.9 Å². The van der Waals surface area contributed by atoms with Crippen molar-refractivity contribution in [1.29, 1.82) is 0 Å². The zero-order valence-electron chi connectivity index (χ0n) is 8.74. The van der Waals surface area contributed by atoms with Crippen molar-refractivity contribution in [3.05, 3.63) is 11.9 Å². The molecule has 0 radical (unpaired) electrons. The maximum Gasteiger partial charge on any atom is 0.221 e. The highest BCUT2D eigenvalue weighted by atomic mass is 16.5. The highest BCUT2D eigenvalue weighted by Crippen LogP contribution is 2.33. The van der Waals surface area contributed by atoms with Crippen LogP contribution < -0.4 is 10.1 Å². The maximum absolute atomic E-state index is 5.12. The second-order valence-electron chi connectivity index (χ2n) is 3.82.